The van der Waals surface area contributed by atoms with E-state index in [-0.39, 0.29) is 31.4 Å². The SMILES string of the molecule is Cl.Cl.NCc1ccnc(C(F)(F)F)c1. The minimum absolute atomic E-state index is 0. The molecule has 0 aliphatic heterocycles. The first kappa shape index (κ1) is 15.9. The predicted molar refractivity (Wildman–Crippen MR) is 51.6 cm³/mol. The van der Waals surface area contributed by atoms with Gasteiger partial charge in [-0.25, -0.2) is 0 Å². The van der Waals surface area contributed by atoms with Gasteiger partial charge in [-0.1, -0.05) is 0 Å². The van der Waals surface area contributed by atoms with Crippen molar-refractivity contribution in [3.05, 3.63) is 29.6 Å². The minimum Gasteiger partial charge on any atom is -0.326 e. The lowest BCUT2D eigenvalue weighted by atomic mass is 10.2. The fourth-order valence-electron chi connectivity index (χ4n) is 0.756. The molecule has 0 unspecified atom stereocenters. The Labute approximate surface area is 91.5 Å². The van der Waals surface area contributed by atoms with Gasteiger partial charge >= 0.3 is 6.18 Å². The molecule has 1 rings (SSSR count). The topological polar surface area (TPSA) is 38.9 Å². The van der Waals surface area contributed by atoms with E-state index in [0.717, 1.165) is 12.3 Å². The molecule has 82 valence electrons. The van der Waals surface area contributed by atoms with Gasteiger partial charge in [0.05, 0.1) is 0 Å². The van der Waals surface area contributed by atoms with Crippen LogP contribution in [0.25, 0.3) is 0 Å². The minimum atomic E-state index is -4.38. The molecule has 7 heteroatoms. The Morgan fingerprint density at radius 3 is 2.29 bits per heavy atom. The van der Waals surface area contributed by atoms with E-state index in [1.54, 1.807) is 0 Å². The molecule has 1 heterocycles. The van der Waals surface area contributed by atoms with Gasteiger partial charge in [0.1, 0.15) is 5.69 Å². The van der Waals surface area contributed by atoms with Crippen molar-refractivity contribution in [3.8, 4) is 0 Å². The highest BCUT2D eigenvalue weighted by Gasteiger charge is 2.32. The van der Waals surface area contributed by atoms with E-state index >= 15 is 0 Å². The smallest absolute Gasteiger partial charge is 0.326 e. The quantitative estimate of drug-likeness (QED) is 0.829. The van der Waals surface area contributed by atoms with Crippen LogP contribution in [-0.4, -0.2) is 4.98 Å². The number of alkyl halides is 3. The number of rotatable bonds is 1. The maximum Gasteiger partial charge on any atom is 0.433 e. The summed E-state index contributed by atoms with van der Waals surface area (Å²) in [6.45, 7) is 0.0889. The van der Waals surface area contributed by atoms with Gasteiger partial charge in [0.25, 0.3) is 0 Å². The van der Waals surface area contributed by atoms with E-state index in [1.165, 1.54) is 6.07 Å². The number of nitrogens with two attached hydrogens (primary N) is 1. The number of hydrogen-bond acceptors (Lipinski definition) is 2. The van der Waals surface area contributed by atoms with E-state index in [9.17, 15) is 13.2 Å². The maximum atomic E-state index is 12.0. The third-order valence-electron chi connectivity index (χ3n) is 1.35. The summed E-state index contributed by atoms with van der Waals surface area (Å²) in [6, 6.07) is 2.40. The van der Waals surface area contributed by atoms with E-state index in [1.807, 2.05) is 0 Å². The first-order valence-corrected chi connectivity index (χ1v) is 3.26. The molecule has 0 bridgehead atoms. The van der Waals surface area contributed by atoms with Gasteiger partial charge < -0.3 is 5.73 Å². The summed E-state index contributed by atoms with van der Waals surface area (Å²) in [7, 11) is 0. The molecule has 0 spiro atoms. The van der Waals surface area contributed by atoms with Crippen LogP contribution in [0.5, 0.6) is 0 Å². The number of aromatic nitrogens is 1. The molecular formula is C7H9Cl2F3N2. The lowest BCUT2D eigenvalue weighted by Gasteiger charge is -2.05. The van der Waals surface area contributed by atoms with Crippen molar-refractivity contribution in [1.82, 2.24) is 4.98 Å². The molecule has 0 radical (unpaired) electrons. The molecule has 0 fully saturated rings. The van der Waals surface area contributed by atoms with Crippen LogP contribution >= 0.6 is 24.8 Å². The Kier molecular flexibility index (Phi) is 6.89. The molecule has 0 aliphatic rings. The molecule has 2 nitrogen and oxygen atoms in total. The summed E-state index contributed by atoms with van der Waals surface area (Å²) in [5.41, 5.74) is 4.70. The lowest BCUT2D eigenvalue weighted by molar-refractivity contribution is -0.141. The highest BCUT2D eigenvalue weighted by atomic mass is 35.5. The van der Waals surface area contributed by atoms with Crippen molar-refractivity contribution in [2.24, 2.45) is 5.73 Å². The highest BCUT2D eigenvalue weighted by Crippen LogP contribution is 2.27. The molecule has 0 aliphatic carbocycles. The molecule has 0 aromatic carbocycles. The van der Waals surface area contributed by atoms with E-state index < -0.39 is 11.9 Å². The molecule has 2 N–H and O–H groups in total. The number of nitrogens with zero attached hydrogens (tertiary/aromatic N) is 1. The Bertz CT molecular complexity index is 278. The van der Waals surface area contributed by atoms with Gasteiger partial charge in [0.2, 0.25) is 0 Å². The third-order valence-corrected chi connectivity index (χ3v) is 1.35. The van der Waals surface area contributed by atoms with Crippen LogP contribution in [0, 0.1) is 0 Å². The van der Waals surface area contributed by atoms with Gasteiger partial charge in [0, 0.05) is 12.7 Å². The van der Waals surface area contributed by atoms with Crippen LogP contribution < -0.4 is 5.73 Å². The summed E-state index contributed by atoms with van der Waals surface area (Å²) < 4.78 is 36.0. The summed E-state index contributed by atoms with van der Waals surface area (Å²) in [5, 5.41) is 0. The second-order valence-electron chi connectivity index (χ2n) is 2.25. The number of pyridine rings is 1. The Balaban J connectivity index is 0. The molecule has 14 heavy (non-hydrogen) atoms. The van der Waals surface area contributed by atoms with Gasteiger partial charge in [-0.3, -0.25) is 4.98 Å². The average molecular weight is 249 g/mol. The summed E-state index contributed by atoms with van der Waals surface area (Å²) in [5.74, 6) is 0. The van der Waals surface area contributed by atoms with Crippen LogP contribution in [-0.2, 0) is 12.7 Å². The molecule has 1 aromatic rings. The zero-order chi connectivity index (χ0) is 9.19. The Morgan fingerprint density at radius 1 is 1.29 bits per heavy atom. The van der Waals surface area contributed by atoms with E-state index in [0.29, 0.717) is 5.56 Å². The van der Waals surface area contributed by atoms with Gasteiger partial charge in [0.15, 0.2) is 0 Å². The van der Waals surface area contributed by atoms with Crippen LogP contribution in [0.3, 0.4) is 0 Å². The maximum absolute atomic E-state index is 12.0. The second kappa shape index (κ2) is 6.06. The lowest BCUT2D eigenvalue weighted by Crippen LogP contribution is -2.09. The molecule has 0 amide bonds. The predicted octanol–water partition coefficient (Wildman–Crippen LogP) is 2.40. The molecule has 0 saturated heterocycles. The molecule has 1 aromatic heterocycles. The Morgan fingerprint density at radius 2 is 1.86 bits per heavy atom. The third kappa shape index (κ3) is 4.13. The fraction of sp³-hybridized carbons (Fsp3) is 0.286. The standard InChI is InChI=1S/C7H7F3N2.2ClH/c8-7(9,10)6-3-5(4-11)1-2-12-6;;/h1-3H,4,11H2;2*1H. The molecule has 0 saturated carbocycles. The second-order valence-corrected chi connectivity index (χ2v) is 2.25. The summed E-state index contributed by atoms with van der Waals surface area (Å²) >= 11 is 0. The van der Waals surface area contributed by atoms with Crippen molar-refractivity contribution in [1.29, 1.82) is 0 Å². The monoisotopic (exact) mass is 248 g/mol. The first-order chi connectivity index (χ1) is 5.54. The van der Waals surface area contributed by atoms with Crippen molar-refractivity contribution >= 4 is 24.8 Å². The Hall–Kier alpha value is -0.520. The van der Waals surface area contributed by atoms with Crippen LogP contribution in [0.1, 0.15) is 11.3 Å². The highest BCUT2D eigenvalue weighted by molar-refractivity contribution is 5.85. The van der Waals surface area contributed by atoms with Crippen molar-refractivity contribution in [3.63, 3.8) is 0 Å². The van der Waals surface area contributed by atoms with Gasteiger partial charge in [-0.15, -0.1) is 24.8 Å². The number of halogens is 5. The fourth-order valence-corrected chi connectivity index (χ4v) is 0.756. The zero-order valence-corrected chi connectivity index (χ0v) is 8.55. The average Bonchev–Trinajstić information content (AvgIpc) is 2.03. The zero-order valence-electron chi connectivity index (χ0n) is 6.91. The van der Waals surface area contributed by atoms with Crippen molar-refractivity contribution < 1.29 is 13.2 Å². The largest absolute Gasteiger partial charge is 0.433 e. The summed E-state index contributed by atoms with van der Waals surface area (Å²) in [4.78, 5) is 3.18. The summed E-state index contributed by atoms with van der Waals surface area (Å²) in [6.07, 6.45) is -3.28. The number of hydrogen-bond donors (Lipinski definition) is 1. The van der Waals surface area contributed by atoms with E-state index in [4.69, 9.17) is 5.73 Å². The van der Waals surface area contributed by atoms with E-state index in [2.05, 4.69) is 4.98 Å². The van der Waals surface area contributed by atoms with Crippen molar-refractivity contribution in [2.45, 2.75) is 12.7 Å². The molecular weight excluding hydrogens is 240 g/mol. The van der Waals surface area contributed by atoms with Crippen molar-refractivity contribution in [2.75, 3.05) is 0 Å². The molecule has 0 atom stereocenters. The first-order valence-electron chi connectivity index (χ1n) is 3.26. The van der Waals surface area contributed by atoms with Crippen LogP contribution in [0.15, 0.2) is 18.3 Å². The van der Waals surface area contributed by atoms with Gasteiger partial charge in [-0.05, 0) is 17.7 Å². The normalized spacial score (nSPS) is 10.0. The van der Waals surface area contributed by atoms with Crippen LogP contribution in [0.4, 0.5) is 13.2 Å². The van der Waals surface area contributed by atoms with Crippen LogP contribution in [0.2, 0.25) is 0 Å². The van der Waals surface area contributed by atoms with Gasteiger partial charge in [-0.2, -0.15) is 13.2 Å².